The zero-order valence-electron chi connectivity index (χ0n) is 17.9. The van der Waals surface area contributed by atoms with Crippen LogP contribution < -0.4 is 5.46 Å². The van der Waals surface area contributed by atoms with Crippen molar-refractivity contribution in [2.45, 2.75) is 77.1 Å². The first-order chi connectivity index (χ1) is 13.0. The monoisotopic (exact) mass is 378 g/mol. The Bertz CT molecular complexity index is 880. The van der Waals surface area contributed by atoms with E-state index in [9.17, 15) is 5.11 Å². The molecule has 1 heterocycles. The fourth-order valence-corrected chi connectivity index (χ4v) is 3.92. The summed E-state index contributed by atoms with van der Waals surface area (Å²) >= 11 is 0. The molecule has 148 valence electrons. The molecule has 3 nitrogen and oxygen atoms in total. The lowest BCUT2D eigenvalue weighted by molar-refractivity contribution is 0.00578. The molecular formula is C24H31BO3. The highest BCUT2D eigenvalue weighted by molar-refractivity contribution is 6.62. The lowest BCUT2D eigenvalue weighted by Crippen LogP contribution is -2.41. The van der Waals surface area contributed by atoms with E-state index in [1.807, 2.05) is 25.1 Å². The minimum Gasteiger partial charge on any atom is -0.399 e. The molecular weight excluding hydrogens is 347 g/mol. The molecule has 28 heavy (non-hydrogen) atoms. The van der Waals surface area contributed by atoms with Crippen LogP contribution in [0.25, 0.3) is 0 Å². The SMILES string of the molecule is Cc1cccc(C(C)(O)c2ccc(B3OC(C)(C)C(C)(C)O3)c(C3CC3)c2)c1. The summed E-state index contributed by atoms with van der Waals surface area (Å²) in [5.41, 5.74) is 3.58. The summed E-state index contributed by atoms with van der Waals surface area (Å²) in [4.78, 5) is 0. The van der Waals surface area contributed by atoms with Crippen LogP contribution in [0, 0.1) is 6.92 Å². The maximum Gasteiger partial charge on any atom is 0.495 e. The molecule has 2 aromatic rings. The van der Waals surface area contributed by atoms with Gasteiger partial charge in [0, 0.05) is 0 Å². The second kappa shape index (κ2) is 6.45. The maximum atomic E-state index is 11.4. The second-order valence-corrected chi connectivity index (χ2v) is 9.65. The first-order valence-corrected chi connectivity index (χ1v) is 10.3. The van der Waals surface area contributed by atoms with Gasteiger partial charge in [0.25, 0.3) is 0 Å². The molecule has 1 saturated carbocycles. The summed E-state index contributed by atoms with van der Waals surface area (Å²) in [5.74, 6) is 0.530. The summed E-state index contributed by atoms with van der Waals surface area (Å²) in [7, 11) is -0.362. The van der Waals surface area contributed by atoms with E-state index >= 15 is 0 Å². The van der Waals surface area contributed by atoms with Crippen LogP contribution in [0.5, 0.6) is 0 Å². The summed E-state index contributed by atoms with van der Waals surface area (Å²) in [6, 6.07) is 14.4. The fourth-order valence-electron chi connectivity index (χ4n) is 3.92. The normalized spacial score (nSPS) is 22.9. The van der Waals surface area contributed by atoms with Gasteiger partial charge in [-0.15, -0.1) is 0 Å². The largest absolute Gasteiger partial charge is 0.495 e. The van der Waals surface area contributed by atoms with Gasteiger partial charge < -0.3 is 14.4 Å². The van der Waals surface area contributed by atoms with Crippen LogP contribution in [-0.4, -0.2) is 23.4 Å². The van der Waals surface area contributed by atoms with Crippen molar-refractivity contribution in [2.75, 3.05) is 0 Å². The van der Waals surface area contributed by atoms with Crippen molar-refractivity contribution in [3.8, 4) is 0 Å². The maximum absolute atomic E-state index is 11.4. The Labute approximate surface area is 169 Å². The highest BCUT2D eigenvalue weighted by Gasteiger charge is 2.52. The average Bonchev–Trinajstić information content (AvgIpc) is 3.42. The highest BCUT2D eigenvalue weighted by Crippen LogP contribution is 2.43. The zero-order valence-corrected chi connectivity index (χ0v) is 17.9. The number of aliphatic hydroxyl groups is 1. The molecule has 1 atom stereocenters. The molecule has 0 spiro atoms. The molecule has 2 aromatic carbocycles. The molecule has 0 aromatic heterocycles. The van der Waals surface area contributed by atoms with Gasteiger partial charge in [0.05, 0.1) is 11.2 Å². The van der Waals surface area contributed by atoms with E-state index in [1.54, 1.807) is 0 Å². The van der Waals surface area contributed by atoms with Gasteiger partial charge in [-0.3, -0.25) is 0 Å². The molecule has 1 aliphatic carbocycles. The lowest BCUT2D eigenvalue weighted by atomic mass is 9.73. The predicted molar refractivity (Wildman–Crippen MR) is 114 cm³/mol. The average molecular weight is 378 g/mol. The van der Waals surface area contributed by atoms with Crippen molar-refractivity contribution >= 4 is 12.6 Å². The van der Waals surface area contributed by atoms with E-state index < -0.39 is 5.60 Å². The molecule has 2 aliphatic rings. The summed E-state index contributed by atoms with van der Waals surface area (Å²) in [5, 5.41) is 11.4. The quantitative estimate of drug-likeness (QED) is 0.801. The molecule has 1 unspecified atom stereocenters. The smallest absolute Gasteiger partial charge is 0.399 e. The Kier molecular flexibility index (Phi) is 4.53. The van der Waals surface area contributed by atoms with Crippen molar-refractivity contribution in [3.63, 3.8) is 0 Å². The van der Waals surface area contributed by atoms with Gasteiger partial charge in [0.2, 0.25) is 0 Å². The molecule has 0 radical (unpaired) electrons. The van der Waals surface area contributed by atoms with Crippen LogP contribution >= 0.6 is 0 Å². The first-order valence-electron chi connectivity index (χ1n) is 10.3. The van der Waals surface area contributed by atoms with E-state index in [0.717, 1.165) is 22.2 Å². The summed E-state index contributed by atoms with van der Waals surface area (Å²) in [6.45, 7) is 12.3. The van der Waals surface area contributed by atoms with Gasteiger partial charge in [0.15, 0.2) is 0 Å². The van der Waals surface area contributed by atoms with Crippen molar-refractivity contribution in [1.29, 1.82) is 0 Å². The van der Waals surface area contributed by atoms with Crippen LogP contribution in [0.15, 0.2) is 42.5 Å². The van der Waals surface area contributed by atoms with Gasteiger partial charge in [-0.2, -0.15) is 0 Å². The molecule has 4 heteroatoms. The Hall–Kier alpha value is -1.62. The number of rotatable bonds is 4. The molecule has 1 saturated heterocycles. The zero-order chi connectivity index (χ0) is 20.3. The lowest BCUT2D eigenvalue weighted by Gasteiger charge is -2.32. The Morgan fingerprint density at radius 3 is 2.14 bits per heavy atom. The van der Waals surface area contributed by atoms with Crippen LogP contribution in [0.4, 0.5) is 0 Å². The number of aryl methyl sites for hydroxylation is 1. The molecule has 2 fully saturated rings. The van der Waals surface area contributed by atoms with E-state index in [0.29, 0.717) is 5.92 Å². The second-order valence-electron chi connectivity index (χ2n) is 9.65. The van der Waals surface area contributed by atoms with Crippen LogP contribution in [-0.2, 0) is 14.9 Å². The van der Waals surface area contributed by atoms with Gasteiger partial charge in [-0.05, 0) is 82.5 Å². The van der Waals surface area contributed by atoms with Gasteiger partial charge in [-0.1, -0.05) is 48.0 Å². The third-order valence-electron chi connectivity index (χ3n) is 6.75. The molecule has 0 bridgehead atoms. The van der Waals surface area contributed by atoms with Crippen molar-refractivity contribution in [3.05, 3.63) is 64.7 Å². The third-order valence-corrected chi connectivity index (χ3v) is 6.75. The number of benzene rings is 2. The highest BCUT2D eigenvalue weighted by atomic mass is 16.7. The minimum atomic E-state index is -1.04. The Morgan fingerprint density at radius 2 is 1.57 bits per heavy atom. The molecule has 4 rings (SSSR count). The topological polar surface area (TPSA) is 38.7 Å². The van der Waals surface area contributed by atoms with Crippen molar-refractivity contribution in [1.82, 2.24) is 0 Å². The molecule has 1 N–H and O–H groups in total. The van der Waals surface area contributed by atoms with Gasteiger partial charge in [-0.25, -0.2) is 0 Å². The first kappa shape index (κ1) is 19.7. The van der Waals surface area contributed by atoms with E-state index in [2.05, 4.69) is 58.9 Å². The minimum absolute atomic E-state index is 0.357. The standard InChI is InChI=1S/C24H31BO3/c1-16-8-7-9-18(14-16)24(6,26)19-12-13-21(20(15-19)17-10-11-17)25-27-22(2,3)23(4,5)28-25/h7-9,12-15,17,26H,10-11H2,1-6H3. The van der Waals surface area contributed by atoms with Gasteiger partial charge in [0.1, 0.15) is 5.60 Å². The van der Waals surface area contributed by atoms with Crippen LogP contribution in [0.1, 0.15) is 75.6 Å². The third kappa shape index (κ3) is 3.32. The van der Waals surface area contributed by atoms with E-state index in [-0.39, 0.29) is 18.3 Å². The molecule has 1 aliphatic heterocycles. The van der Waals surface area contributed by atoms with Crippen molar-refractivity contribution in [2.24, 2.45) is 0 Å². The van der Waals surface area contributed by atoms with Gasteiger partial charge >= 0.3 is 7.12 Å². The van der Waals surface area contributed by atoms with E-state index in [4.69, 9.17) is 9.31 Å². The Morgan fingerprint density at radius 1 is 0.964 bits per heavy atom. The van der Waals surface area contributed by atoms with Crippen LogP contribution in [0.2, 0.25) is 0 Å². The Balaban J connectivity index is 1.73. The number of hydrogen-bond acceptors (Lipinski definition) is 3. The summed E-state index contributed by atoms with van der Waals surface area (Å²) < 4.78 is 12.6. The fraction of sp³-hybridized carbons (Fsp3) is 0.500. The predicted octanol–water partition coefficient (Wildman–Crippen LogP) is 4.43. The van der Waals surface area contributed by atoms with Crippen molar-refractivity contribution < 1.29 is 14.4 Å². The number of hydrogen-bond donors (Lipinski definition) is 1. The van der Waals surface area contributed by atoms with Crippen LogP contribution in [0.3, 0.4) is 0 Å². The molecule has 0 amide bonds. The summed E-state index contributed by atoms with van der Waals surface area (Å²) in [6.07, 6.45) is 2.37. The van der Waals surface area contributed by atoms with E-state index in [1.165, 1.54) is 18.4 Å².